The number of hydrogen-bond acceptors (Lipinski definition) is 4. The molecule has 1 heterocycles. The maximum absolute atomic E-state index is 12.7. The van der Waals surface area contributed by atoms with Gasteiger partial charge in [0, 0.05) is 5.56 Å². The standard InChI is InChI=1S/C24H21N5O2/c1-17-10-8-9-15-20(17)22(31)26-23-27-24(29(28-23)19-13-6-3-7-14-19)25-21(30)16-18-11-4-2-5-12-18/h2-15H,16H2,1H3,(H2,25,26,27,28,30,31). The van der Waals surface area contributed by atoms with Gasteiger partial charge in [-0.25, -0.2) is 0 Å². The van der Waals surface area contributed by atoms with Crippen LogP contribution < -0.4 is 10.6 Å². The number of aromatic nitrogens is 3. The molecule has 0 spiro atoms. The Bertz CT molecular complexity index is 1200. The molecule has 0 saturated heterocycles. The lowest BCUT2D eigenvalue weighted by Gasteiger charge is -2.07. The van der Waals surface area contributed by atoms with Crippen LogP contribution in [0.25, 0.3) is 5.69 Å². The molecule has 0 aliphatic heterocycles. The first-order chi connectivity index (χ1) is 15.1. The van der Waals surface area contributed by atoms with Crippen LogP contribution in [0.1, 0.15) is 21.5 Å². The van der Waals surface area contributed by atoms with E-state index in [1.165, 1.54) is 4.68 Å². The van der Waals surface area contributed by atoms with E-state index >= 15 is 0 Å². The number of nitrogens with zero attached hydrogens (tertiary/aromatic N) is 3. The van der Waals surface area contributed by atoms with E-state index in [2.05, 4.69) is 20.7 Å². The van der Waals surface area contributed by atoms with Crippen molar-refractivity contribution in [2.75, 3.05) is 10.6 Å². The molecule has 154 valence electrons. The number of carbonyl (C=O) groups is 2. The average molecular weight is 411 g/mol. The summed E-state index contributed by atoms with van der Waals surface area (Å²) in [7, 11) is 0. The van der Waals surface area contributed by atoms with Gasteiger partial charge in [-0.1, -0.05) is 66.7 Å². The topological polar surface area (TPSA) is 88.9 Å². The Morgan fingerprint density at radius 3 is 2.19 bits per heavy atom. The summed E-state index contributed by atoms with van der Waals surface area (Å²) in [6.45, 7) is 1.86. The Kier molecular flexibility index (Phi) is 5.84. The lowest BCUT2D eigenvalue weighted by atomic mass is 10.1. The van der Waals surface area contributed by atoms with Crippen LogP contribution in [0.5, 0.6) is 0 Å². The van der Waals surface area contributed by atoms with Crippen LogP contribution in [0, 0.1) is 6.92 Å². The molecule has 0 atom stereocenters. The quantitative estimate of drug-likeness (QED) is 0.502. The molecule has 4 rings (SSSR count). The highest BCUT2D eigenvalue weighted by Gasteiger charge is 2.17. The van der Waals surface area contributed by atoms with Crippen molar-refractivity contribution in [1.29, 1.82) is 0 Å². The minimum absolute atomic E-state index is 0.104. The van der Waals surface area contributed by atoms with Crippen LogP contribution in [0.3, 0.4) is 0 Å². The zero-order valence-corrected chi connectivity index (χ0v) is 16.9. The largest absolute Gasteiger partial charge is 0.294 e. The zero-order chi connectivity index (χ0) is 21.6. The third-order valence-corrected chi connectivity index (χ3v) is 4.68. The normalized spacial score (nSPS) is 10.5. The van der Waals surface area contributed by atoms with E-state index in [1.54, 1.807) is 12.1 Å². The number of carbonyl (C=O) groups excluding carboxylic acids is 2. The molecule has 0 fully saturated rings. The van der Waals surface area contributed by atoms with Gasteiger partial charge in [-0.15, -0.1) is 5.10 Å². The van der Waals surface area contributed by atoms with Crippen molar-refractivity contribution >= 4 is 23.7 Å². The Morgan fingerprint density at radius 2 is 1.48 bits per heavy atom. The molecule has 0 saturated carbocycles. The summed E-state index contributed by atoms with van der Waals surface area (Å²) in [5.74, 6) is -0.211. The van der Waals surface area contributed by atoms with Gasteiger partial charge in [0.2, 0.25) is 11.9 Å². The fourth-order valence-corrected chi connectivity index (χ4v) is 3.14. The summed E-state index contributed by atoms with van der Waals surface area (Å²) >= 11 is 0. The molecule has 0 aliphatic carbocycles. The number of rotatable bonds is 6. The van der Waals surface area contributed by atoms with Crippen LogP contribution in [0.2, 0.25) is 0 Å². The van der Waals surface area contributed by atoms with Crippen molar-refractivity contribution in [3.63, 3.8) is 0 Å². The maximum Gasteiger partial charge on any atom is 0.258 e. The summed E-state index contributed by atoms with van der Waals surface area (Å²) in [5, 5.41) is 9.92. The number of anilines is 2. The first kappa shape index (κ1) is 20.0. The third kappa shape index (κ3) is 4.84. The van der Waals surface area contributed by atoms with Crippen molar-refractivity contribution in [2.24, 2.45) is 0 Å². The molecule has 2 amide bonds. The molecule has 0 radical (unpaired) electrons. The van der Waals surface area contributed by atoms with E-state index in [4.69, 9.17) is 0 Å². The third-order valence-electron chi connectivity index (χ3n) is 4.68. The SMILES string of the molecule is Cc1ccccc1C(=O)Nc1nc(NC(=O)Cc2ccccc2)n(-c2ccccc2)n1. The maximum atomic E-state index is 12.7. The predicted octanol–water partition coefficient (Wildman–Crippen LogP) is 4.01. The van der Waals surface area contributed by atoms with E-state index in [0.29, 0.717) is 11.3 Å². The van der Waals surface area contributed by atoms with Crippen molar-refractivity contribution in [3.8, 4) is 5.69 Å². The fourth-order valence-electron chi connectivity index (χ4n) is 3.14. The lowest BCUT2D eigenvalue weighted by Crippen LogP contribution is -2.17. The van der Waals surface area contributed by atoms with Crippen molar-refractivity contribution in [3.05, 3.63) is 102 Å². The monoisotopic (exact) mass is 411 g/mol. The Labute approximate surface area is 179 Å². The highest BCUT2D eigenvalue weighted by Crippen LogP contribution is 2.18. The minimum atomic E-state index is -0.314. The second kappa shape index (κ2) is 9.04. The van der Waals surface area contributed by atoms with Gasteiger partial charge in [-0.3, -0.25) is 20.2 Å². The highest BCUT2D eigenvalue weighted by atomic mass is 16.2. The molecule has 7 nitrogen and oxygen atoms in total. The highest BCUT2D eigenvalue weighted by molar-refractivity contribution is 6.04. The predicted molar refractivity (Wildman–Crippen MR) is 119 cm³/mol. The van der Waals surface area contributed by atoms with Crippen molar-refractivity contribution in [1.82, 2.24) is 14.8 Å². The van der Waals surface area contributed by atoms with Gasteiger partial charge in [0.1, 0.15) is 0 Å². The molecular weight excluding hydrogens is 390 g/mol. The van der Waals surface area contributed by atoms with Crippen LogP contribution in [0.15, 0.2) is 84.9 Å². The number of para-hydroxylation sites is 1. The second-order valence-corrected chi connectivity index (χ2v) is 6.99. The molecule has 0 bridgehead atoms. The molecule has 31 heavy (non-hydrogen) atoms. The van der Waals surface area contributed by atoms with E-state index < -0.39 is 0 Å². The zero-order valence-electron chi connectivity index (χ0n) is 16.9. The van der Waals surface area contributed by atoms with Crippen molar-refractivity contribution in [2.45, 2.75) is 13.3 Å². The summed E-state index contributed by atoms with van der Waals surface area (Å²) in [6, 6.07) is 26.0. The van der Waals surface area contributed by atoms with Gasteiger partial charge in [0.15, 0.2) is 0 Å². The Balaban J connectivity index is 1.59. The van der Waals surface area contributed by atoms with E-state index in [0.717, 1.165) is 11.1 Å². The minimum Gasteiger partial charge on any atom is -0.294 e. The van der Waals surface area contributed by atoms with Crippen LogP contribution in [-0.2, 0) is 11.2 Å². The van der Waals surface area contributed by atoms with Gasteiger partial charge in [-0.2, -0.15) is 9.67 Å². The van der Waals surface area contributed by atoms with Gasteiger partial charge in [-0.05, 0) is 36.2 Å². The Morgan fingerprint density at radius 1 is 0.839 bits per heavy atom. The number of aryl methyl sites for hydroxylation is 1. The molecular formula is C24H21N5O2. The van der Waals surface area contributed by atoms with Gasteiger partial charge in [0.05, 0.1) is 12.1 Å². The summed E-state index contributed by atoms with van der Waals surface area (Å²) < 4.78 is 1.50. The first-order valence-electron chi connectivity index (χ1n) is 9.83. The van der Waals surface area contributed by atoms with Crippen LogP contribution >= 0.6 is 0 Å². The Hall–Kier alpha value is -4.26. The average Bonchev–Trinajstić information content (AvgIpc) is 3.17. The summed E-state index contributed by atoms with van der Waals surface area (Å²) in [4.78, 5) is 29.6. The van der Waals surface area contributed by atoms with Crippen molar-refractivity contribution < 1.29 is 9.59 Å². The number of nitrogens with one attached hydrogen (secondary N) is 2. The molecule has 0 unspecified atom stereocenters. The van der Waals surface area contributed by atoms with Gasteiger partial charge in [0.25, 0.3) is 11.9 Å². The molecule has 1 aromatic heterocycles. The lowest BCUT2D eigenvalue weighted by molar-refractivity contribution is -0.115. The van der Waals surface area contributed by atoms with E-state index in [-0.39, 0.29) is 30.1 Å². The molecule has 3 aromatic carbocycles. The smallest absolute Gasteiger partial charge is 0.258 e. The number of amides is 2. The fraction of sp³-hybridized carbons (Fsp3) is 0.0833. The van der Waals surface area contributed by atoms with E-state index in [9.17, 15) is 9.59 Å². The van der Waals surface area contributed by atoms with Gasteiger partial charge >= 0.3 is 0 Å². The first-order valence-corrected chi connectivity index (χ1v) is 9.83. The second-order valence-electron chi connectivity index (χ2n) is 6.99. The number of hydrogen-bond donors (Lipinski definition) is 2. The van der Waals surface area contributed by atoms with E-state index in [1.807, 2.05) is 79.7 Å². The summed E-state index contributed by atoms with van der Waals surface area (Å²) in [5.41, 5.74) is 2.98. The molecule has 2 N–H and O–H groups in total. The molecule has 0 aliphatic rings. The number of benzene rings is 3. The molecule has 7 heteroatoms. The van der Waals surface area contributed by atoms with Crippen LogP contribution in [-0.4, -0.2) is 26.6 Å². The van der Waals surface area contributed by atoms with Crippen LogP contribution in [0.4, 0.5) is 11.9 Å². The van der Waals surface area contributed by atoms with Gasteiger partial charge < -0.3 is 0 Å². The summed E-state index contributed by atoms with van der Waals surface area (Å²) in [6.07, 6.45) is 0.202. The molecule has 4 aromatic rings.